The second-order valence-corrected chi connectivity index (χ2v) is 5.99. The number of nitrogens with one attached hydrogen (secondary N) is 1. The predicted molar refractivity (Wildman–Crippen MR) is 77.7 cm³/mol. The van der Waals surface area contributed by atoms with E-state index in [0.29, 0.717) is 25.9 Å². The van der Waals surface area contributed by atoms with Gasteiger partial charge in [0.2, 0.25) is 5.91 Å². The van der Waals surface area contributed by atoms with Gasteiger partial charge in [0.25, 0.3) is 5.91 Å². The number of piperidine rings is 1. The fourth-order valence-electron chi connectivity index (χ4n) is 3.42. The van der Waals surface area contributed by atoms with Gasteiger partial charge in [-0.1, -0.05) is 0 Å². The minimum Gasteiger partial charge on any atom is -0.340 e. The Morgan fingerprint density at radius 1 is 1.35 bits per heavy atom. The van der Waals surface area contributed by atoms with Crippen LogP contribution in [-0.2, 0) is 19.3 Å². The number of carbonyl (C=O) groups is 3. The lowest BCUT2D eigenvalue weighted by molar-refractivity contribution is -0.139. The lowest BCUT2D eigenvalue weighted by Crippen LogP contribution is -2.50. The number of rotatable bonds is 6. The Morgan fingerprint density at radius 2 is 2.17 bits per heavy atom. The molecule has 2 atom stereocenters. The molecule has 3 fully saturated rings. The fourth-order valence-corrected chi connectivity index (χ4v) is 3.42. The SMILES string of the molecule is CON1C(=O)N2C[C@H]1CC[C@H]2C(=O)NOCCN1CCCC1=O. The Kier molecular flexibility index (Phi) is 4.67. The van der Waals surface area contributed by atoms with Crippen LogP contribution in [0.5, 0.6) is 0 Å². The van der Waals surface area contributed by atoms with Crippen LogP contribution in [0.1, 0.15) is 25.7 Å². The molecule has 0 aliphatic carbocycles. The van der Waals surface area contributed by atoms with E-state index in [1.807, 2.05) is 0 Å². The van der Waals surface area contributed by atoms with Crippen molar-refractivity contribution in [1.29, 1.82) is 0 Å². The number of carbonyl (C=O) groups excluding carboxylic acids is 3. The molecule has 3 rings (SSSR count). The summed E-state index contributed by atoms with van der Waals surface area (Å²) in [5.41, 5.74) is 2.40. The van der Waals surface area contributed by atoms with Crippen LogP contribution in [0.3, 0.4) is 0 Å². The van der Waals surface area contributed by atoms with Crippen molar-refractivity contribution < 1.29 is 24.1 Å². The van der Waals surface area contributed by atoms with E-state index in [0.717, 1.165) is 19.4 Å². The van der Waals surface area contributed by atoms with Crippen LogP contribution in [0.25, 0.3) is 0 Å². The molecule has 2 bridgehead atoms. The summed E-state index contributed by atoms with van der Waals surface area (Å²) in [6.07, 6.45) is 2.76. The average molecular weight is 326 g/mol. The molecule has 0 aromatic rings. The van der Waals surface area contributed by atoms with Crippen molar-refractivity contribution in [3.8, 4) is 0 Å². The smallest absolute Gasteiger partial charge is 0.340 e. The van der Waals surface area contributed by atoms with Crippen molar-refractivity contribution in [2.45, 2.75) is 37.8 Å². The molecule has 23 heavy (non-hydrogen) atoms. The highest BCUT2D eigenvalue weighted by molar-refractivity contribution is 5.88. The quantitative estimate of drug-likeness (QED) is 0.524. The van der Waals surface area contributed by atoms with Gasteiger partial charge in [-0.3, -0.25) is 19.3 Å². The van der Waals surface area contributed by atoms with E-state index in [2.05, 4.69) is 5.48 Å². The van der Waals surface area contributed by atoms with Gasteiger partial charge in [0.1, 0.15) is 6.04 Å². The van der Waals surface area contributed by atoms with E-state index in [1.54, 1.807) is 4.90 Å². The molecular formula is C14H22N4O5. The molecule has 128 valence electrons. The zero-order chi connectivity index (χ0) is 16.4. The van der Waals surface area contributed by atoms with E-state index >= 15 is 0 Å². The van der Waals surface area contributed by atoms with Crippen molar-refractivity contribution in [2.24, 2.45) is 0 Å². The molecule has 0 aromatic heterocycles. The van der Waals surface area contributed by atoms with Gasteiger partial charge in [0.15, 0.2) is 0 Å². The van der Waals surface area contributed by atoms with Crippen molar-refractivity contribution in [2.75, 3.05) is 33.4 Å². The summed E-state index contributed by atoms with van der Waals surface area (Å²) in [5.74, 6) is -0.205. The van der Waals surface area contributed by atoms with E-state index < -0.39 is 6.04 Å². The van der Waals surface area contributed by atoms with E-state index in [4.69, 9.17) is 9.68 Å². The zero-order valence-electron chi connectivity index (χ0n) is 13.2. The van der Waals surface area contributed by atoms with E-state index in [-0.39, 0.29) is 30.5 Å². The highest BCUT2D eigenvalue weighted by Gasteiger charge is 2.47. The molecule has 4 amide bonds. The van der Waals surface area contributed by atoms with Gasteiger partial charge in [-0.2, -0.15) is 5.06 Å². The molecule has 3 heterocycles. The second-order valence-electron chi connectivity index (χ2n) is 5.99. The number of hydrogen-bond acceptors (Lipinski definition) is 5. The number of hydrogen-bond donors (Lipinski definition) is 1. The standard InChI is InChI=1S/C14H22N4O5/c1-22-18-10-4-5-11(17(9-10)14(18)21)13(20)15-23-8-7-16-6-2-3-12(16)19/h10-11H,2-9H2,1H3,(H,15,20)/t10-,11+/m1/s1. The molecule has 0 unspecified atom stereocenters. The second kappa shape index (κ2) is 6.71. The van der Waals surface area contributed by atoms with Gasteiger partial charge in [-0.15, -0.1) is 0 Å². The number of fused-ring (bicyclic) bond motifs is 2. The highest BCUT2D eigenvalue weighted by atomic mass is 16.7. The first kappa shape index (κ1) is 16.0. The Morgan fingerprint density at radius 3 is 2.87 bits per heavy atom. The summed E-state index contributed by atoms with van der Waals surface area (Å²) in [6.45, 7) is 1.94. The lowest BCUT2D eigenvalue weighted by Gasteiger charge is -2.29. The molecule has 3 aliphatic heterocycles. The number of likely N-dealkylation sites (tertiary alicyclic amines) is 1. The molecule has 0 aromatic carbocycles. The third-order valence-corrected chi connectivity index (χ3v) is 4.63. The largest absolute Gasteiger partial charge is 0.345 e. The third-order valence-electron chi connectivity index (χ3n) is 4.63. The van der Waals surface area contributed by atoms with Crippen LogP contribution in [0, 0.1) is 0 Å². The van der Waals surface area contributed by atoms with Gasteiger partial charge < -0.3 is 9.80 Å². The van der Waals surface area contributed by atoms with Crippen LogP contribution < -0.4 is 5.48 Å². The van der Waals surface area contributed by atoms with Crippen LogP contribution in [0.15, 0.2) is 0 Å². The molecule has 9 heteroatoms. The first-order valence-electron chi connectivity index (χ1n) is 7.95. The minimum atomic E-state index is -0.535. The van der Waals surface area contributed by atoms with Gasteiger partial charge >= 0.3 is 6.03 Å². The molecular weight excluding hydrogens is 304 g/mol. The Balaban J connectivity index is 1.44. The number of hydroxylamine groups is 3. The molecule has 0 radical (unpaired) electrons. The van der Waals surface area contributed by atoms with Gasteiger partial charge in [0, 0.05) is 26.1 Å². The maximum Gasteiger partial charge on any atom is 0.345 e. The predicted octanol–water partition coefficient (Wildman–Crippen LogP) is -0.513. The summed E-state index contributed by atoms with van der Waals surface area (Å²) in [5, 5.41) is 1.33. The first-order valence-corrected chi connectivity index (χ1v) is 7.95. The van der Waals surface area contributed by atoms with E-state index in [9.17, 15) is 14.4 Å². The van der Waals surface area contributed by atoms with Crippen molar-refractivity contribution in [3.05, 3.63) is 0 Å². The summed E-state index contributed by atoms with van der Waals surface area (Å²) in [4.78, 5) is 49.3. The topological polar surface area (TPSA) is 91.4 Å². The van der Waals surface area contributed by atoms with Gasteiger partial charge in [-0.05, 0) is 19.3 Å². The van der Waals surface area contributed by atoms with Crippen molar-refractivity contribution in [3.63, 3.8) is 0 Å². The number of amides is 4. The number of nitrogens with zero attached hydrogens (tertiary/aromatic N) is 3. The van der Waals surface area contributed by atoms with Crippen LogP contribution >= 0.6 is 0 Å². The summed E-state index contributed by atoms with van der Waals surface area (Å²) < 4.78 is 0. The zero-order valence-corrected chi connectivity index (χ0v) is 13.2. The maximum absolute atomic E-state index is 12.2. The molecule has 0 saturated carbocycles. The molecule has 9 nitrogen and oxygen atoms in total. The van der Waals surface area contributed by atoms with Crippen LogP contribution in [0.4, 0.5) is 4.79 Å². The average Bonchev–Trinajstić information content (AvgIpc) is 3.06. The molecule has 3 saturated heterocycles. The van der Waals surface area contributed by atoms with Gasteiger partial charge in [0.05, 0.1) is 19.8 Å². The third kappa shape index (κ3) is 3.11. The highest BCUT2D eigenvalue weighted by Crippen LogP contribution is 2.29. The summed E-state index contributed by atoms with van der Waals surface area (Å²) >= 11 is 0. The maximum atomic E-state index is 12.2. The first-order chi connectivity index (χ1) is 11.1. The van der Waals surface area contributed by atoms with Crippen molar-refractivity contribution in [1.82, 2.24) is 20.3 Å². The Hall–Kier alpha value is -1.87. The lowest BCUT2D eigenvalue weighted by atomic mass is 10.0. The van der Waals surface area contributed by atoms with Crippen LogP contribution in [-0.4, -0.2) is 78.1 Å². The molecule has 3 aliphatic rings. The van der Waals surface area contributed by atoms with Crippen molar-refractivity contribution >= 4 is 17.8 Å². The molecule has 0 spiro atoms. The van der Waals surface area contributed by atoms with Gasteiger partial charge in [-0.25, -0.2) is 10.3 Å². The fraction of sp³-hybridized carbons (Fsp3) is 0.786. The Labute approximate surface area is 134 Å². The van der Waals surface area contributed by atoms with Crippen LogP contribution in [0.2, 0.25) is 0 Å². The number of urea groups is 1. The molecule has 1 N–H and O–H groups in total. The summed E-state index contributed by atoms with van der Waals surface area (Å²) in [6, 6.07) is -0.802. The van der Waals surface area contributed by atoms with E-state index in [1.165, 1.54) is 17.1 Å². The Bertz CT molecular complexity index is 500. The monoisotopic (exact) mass is 326 g/mol. The normalized spacial score (nSPS) is 27.1. The minimum absolute atomic E-state index is 0.0126. The summed E-state index contributed by atoms with van der Waals surface area (Å²) in [7, 11) is 1.46.